The zero-order valence-electron chi connectivity index (χ0n) is 20.4. The van der Waals surface area contributed by atoms with E-state index in [0.717, 1.165) is 23.2 Å². The summed E-state index contributed by atoms with van der Waals surface area (Å²) in [6.07, 6.45) is 1.92. The van der Waals surface area contributed by atoms with Gasteiger partial charge in [0.1, 0.15) is 17.0 Å². The number of ether oxygens (including phenoxy) is 2. The topological polar surface area (TPSA) is 148 Å². The molecule has 0 fully saturated rings. The third-order valence-corrected chi connectivity index (χ3v) is 6.15. The van der Waals surface area contributed by atoms with E-state index in [1.54, 1.807) is 73.6 Å². The molecule has 0 radical (unpaired) electrons. The molecule has 1 spiro atoms. The second kappa shape index (κ2) is 9.32. The molecule has 12 nitrogen and oxygen atoms in total. The van der Waals surface area contributed by atoms with Crippen molar-refractivity contribution in [2.45, 2.75) is 12.8 Å². The summed E-state index contributed by atoms with van der Waals surface area (Å²) < 4.78 is 16.5. The summed E-state index contributed by atoms with van der Waals surface area (Å²) in [5, 5.41) is 4.42. The second-order valence-electron chi connectivity index (χ2n) is 8.46. The Balaban J connectivity index is 1.50. The van der Waals surface area contributed by atoms with Gasteiger partial charge < -0.3 is 19.6 Å². The summed E-state index contributed by atoms with van der Waals surface area (Å²) in [6, 6.07) is 16.6. The van der Waals surface area contributed by atoms with Gasteiger partial charge in [0.05, 0.1) is 22.8 Å². The van der Waals surface area contributed by atoms with Gasteiger partial charge in [-0.2, -0.15) is 5.01 Å². The predicted molar refractivity (Wildman–Crippen MR) is 135 cm³/mol. The van der Waals surface area contributed by atoms with Crippen molar-refractivity contribution in [3.8, 4) is 5.75 Å². The van der Waals surface area contributed by atoms with Crippen LogP contribution in [0.15, 0.2) is 93.4 Å². The third kappa shape index (κ3) is 3.97. The van der Waals surface area contributed by atoms with Crippen LogP contribution in [-0.4, -0.2) is 47.3 Å². The van der Waals surface area contributed by atoms with E-state index < -0.39 is 35.9 Å². The number of hydrazine groups is 2. The van der Waals surface area contributed by atoms with Gasteiger partial charge in [0.2, 0.25) is 0 Å². The molecule has 2 aliphatic heterocycles. The molecule has 194 valence electrons. The largest absolute Gasteiger partial charge is 0.483 e. The van der Waals surface area contributed by atoms with Gasteiger partial charge in [0, 0.05) is 19.2 Å². The van der Waals surface area contributed by atoms with Crippen molar-refractivity contribution in [1.82, 2.24) is 15.4 Å². The lowest BCUT2D eigenvalue weighted by molar-refractivity contribution is -0.186. The first-order valence-corrected chi connectivity index (χ1v) is 11.5. The van der Waals surface area contributed by atoms with Crippen LogP contribution >= 0.6 is 0 Å². The first-order valence-electron chi connectivity index (χ1n) is 11.5. The van der Waals surface area contributed by atoms with Crippen LogP contribution in [-0.2, 0) is 19.1 Å². The van der Waals surface area contributed by atoms with Crippen molar-refractivity contribution in [3.05, 3.63) is 94.6 Å². The smallest absolute Gasteiger partial charge is 0.349 e. The number of carbonyl (C=O) groups is 3. The van der Waals surface area contributed by atoms with Gasteiger partial charge in [-0.1, -0.05) is 30.3 Å². The first kappa shape index (κ1) is 24.4. The SMILES string of the molecule is CC1=C(N)C2(OC(=O)C=CC(=O)N2NC(=O)COc2cc(=O)oc3ccccc23)N(c2ccccc2)N1C. The summed E-state index contributed by atoms with van der Waals surface area (Å²) in [5.41, 5.74) is 9.59. The van der Waals surface area contributed by atoms with E-state index in [1.807, 2.05) is 0 Å². The quantitative estimate of drug-likeness (QED) is 0.375. The molecule has 3 N–H and O–H groups in total. The van der Waals surface area contributed by atoms with Crippen molar-refractivity contribution in [2.75, 3.05) is 18.7 Å². The number of nitrogens with one attached hydrogen (secondary N) is 1. The highest BCUT2D eigenvalue weighted by Crippen LogP contribution is 2.42. The molecule has 3 aromatic rings. The predicted octanol–water partition coefficient (Wildman–Crippen LogP) is 1.36. The van der Waals surface area contributed by atoms with Crippen molar-refractivity contribution in [2.24, 2.45) is 5.73 Å². The number of allylic oxidation sites excluding steroid dienone is 1. The Labute approximate surface area is 216 Å². The highest BCUT2D eigenvalue weighted by atomic mass is 16.6. The minimum absolute atomic E-state index is 0.00198. The molecule has 2 aromatic carbocycles. The molecule has 3 heterocycles. The maximum atomic E-state index is 13.3. The lowest BCUT2D eigenvalue weighted by atomic mass is 10.2. The van der Waals surface area contributed by atoms with Crippen molar-refractivity contribution < 1.29 is 28.3 Å². The van der Waals surface area contributed by atoms with Gasteiger partial charge in [-0.3, -0.25) is 20.0 Å². The van der Waals surface area contributed by atoms with Crippen molar-refractivity contribution in [1.29, 1.82) is 0 Å². The standard InChI is InChI=1S/C26H23N5O7/c1-16-25(27)26(31(29(16)2)17-8-4-3-5-9-17)30(22(33)12-13-23(34)38-26)28-21(32)15-36-20-14-24(35)37-19-11-7-6-10-18(19)20/h3-14H,15,27H2,1-2H3,(H,28,32). The molecular formula is C26H23N5O7. The fraction of sp³-hybridized carbons (Fsp3) is 0.154. The number of anilines is 1. The molecule has 0 bridgehead atoms. The van der Waals surface area contributed by atoms with Crippen molar-refractivity contribution in [3.63, 3.8) is 0 Å². The maximum absolute atomic E-state index is 13.3. The lowest BCUT2D eigenvalue weighted by Gasteiger charge is -2.46. The fourth-order valence-electron chi connectivity index (χ4n) is 4.32. The van der Waals surface area contributed by atoms with E-state index >= 15 is 0 Å². The van der Waals surface area contributed by atoms with Gasteiger partial charge in [-0.25, -0.2) is 14.6 Å². The maximum Gasteiger partial charge on any atom is 0.349 e. The van der Waals surface area contributed by atoms with Crippen LogP contribution < -0.4 is 26.5 Å². The van der Waals surface area contributed by atoms with Crippen molar-refractivity contribution >= 4 is 34.4 Å². The van der Waals surface area contributed by atoms with E-state index in [4.69, 9.17) is 19.6 Å². The number of esters is 1. The minimum atomic E-state index is -2.06. The Morgan fingerprint density at radius 2 is 1.76 bits per heavy atom. The number of hydrogen-bond acceptors (Lipinski definition) is 10. The van der Waals surface area contributed by atoms with Crippen LogP contribution in [0.2, 0.25) is 0 Å². The van der Waals surface area contributed by atoms with Gasteiger partial charge in [-0.15, -0.1) is 0 Å². The highest BCUT2D eigenvalue weighted by molar-refractivity contribution is 5.98. The van der Waals surface area contributed by atoms with Crippen LogP contribution in [0.3, 0.4) is 0 Å². The van der Waals surface area contributed by atoms with Crippen LogP contribution in [0.5, 0.6) is 5.75 Å². The average molecular weight is 517 g/mol. The Kier molecular flexibility index (Phi) is 5.99. The van der Waals surface area contributed by atoms with E-state index in [1.165, 1.54) is 5.01 Å². The number of rotatable bonds is 5. The van der Waals surface area contributed by atoms with Gasteiger partial charge >= 0.3 is 17.4 Å². The molecule has 0 aliphatic carbocycles. The molecule has 2 aliphatic rings. The summed E-state index contributed by atoms with van der Waals surface area (Å²) in [4.78, 5) is 50.9. The summed E-state index contributed by atoms with van der Waals surface area (Å²) in [7, 11) is 1.68. The molecule has 0 saturated carbocycles. The molecule has 5 rings (SSSR count). The third-order valence-electron chi connectivity index (χ3n) is 6.15. The second-order valence-corrected chi connectivity index (χ2v) is 8.46. The molecule has 1 aromatic heterocycles. The number of hydrogen-bond donors (Lipinski definition) is 2. The summed E-state index contributed by atoms with van der Waals surface area (Å²) in [5.74, 6) is -4.34. The zero-order valence-corrected chi connectivity index (χ0v) is 20.4. The van der Waals surface area contributed by atoms with E-state index in [9.17, 15) is 19.2 Å². The Morgan fingerprint density at radius 1 is 1.05 bits per heavy atom. The fourth-order valence-corrected chi connectivity index (χ4v) is 4.32. The number of benzene rings is 2. The van der Waals surface area contributed by atoms with E-state index in [0.29, 0.717) is 16.8 Å². The van der Waals surface area contributed by atoms with E-state index in [-0.39, 0.29) is 17.0 Å². The molecular weight excluding hydrogens is 494 g/mol. The minimum Gasteiger partial charge on any atom is -0.483 e. The number of carbonyl (C=O) groups excluding carboxylic acids is 3. The normalized spacial score (nSPS) is 19.3. The van der Waals surface area contributed by atoms with E-state index in [2.05, 4.69) is 5.43 Å². The molecule has 38 heavy (non-hydrogen) atoms. The molecule has 1 atom stereocenters. The molecule has 1 unspecified atom stereocenters. The Bertz CT molecular complexity index is 1560. The van der Waals surface area contributed by atoms with Crippen LogP contribution in [0.4, 0.5) is 5.69 Å². The van der Waals surface area contributed by atoms with Gasteiger partial charge in [-0.05, 0) is 31.2 Å². The zero-order chi connectivity index (χ0) is 27.0. The van der Waals surface area contributed by atoms with Gasteiger partial charge in [0.15, 0.2) is 6.61 Å². The van der Waals surface area contributed by atoms with Crippen LogP contribution in [0, 0.1) is 0 Å². The highest BCUT2D eigenvalue weighted by Gasteiger charge is 2.59. The Morgan fingerprint density at radius 3 is 2.53 bits per heavy atom. The molecule has 0 saturated heterocycles. The number of nitrogens with zero attached hydrogens (tertiary/aromatic N) is 3. The number of nitrogens with two attached hydrogens (primary N) is 1. The number of fused-ring (bicyclic) bond motifs is 1. The first-order chi connectivity index (χ1) is 18.2. The molecule has 12 heteroatoms. The lowest BCUT2D eigenvalue weighted by Crippen LogP contribution is -2.70. The van der Waals surface area contributed by atoms with Crippen LogP contribution in [0.25, 0.3) is 11.0 Å². The number of amides is 2. The number of para-hydroxylation sites is 2. The molecule has 2 amide bonds. The summed E-state index contributed by atoms with van der Waals surface area (Å²) in [6.45, 7) is 1.10. The van der Waals surface area contributed by atoms with Crippen LogP contribution in [0.1, 0.15) is 6.92 Å². The average Bonchev–Trinajstić information content (AvgIpc) is 3.01. The van der Waals surface area contributed by atoms with Gasteiger partial charge in [0.25, 0.3) is 11.8 Å². The Hall–Kier alpha value is -5.26. The summed E-state index contributed by atoms with van der Waals surface area (Å²) >= 11 is 0. The monoisotopic (exact) mass is 517 g/mol.